The van der Waals surface area contributed by atoms with Gasteiger partial charge in [-0.1, -0.05) is 86.6 Å². The van der Waals surface area contributed by atoms with Gasteiger partial charge in [0.1, 0.15) is 6.04 Å². The number of carbonyl (C=O) groups excluding carboxylic acids is 2. The monoisotopic (exact) mass is 430 g/mol. The first kappa shape index (κ1) is 23.2. The third-order valence-corrected chi connectivity index (χ3v) is 5.14. The maximum Gasteiger partial charge on any atom is 0.251 e. The molecule has 0 spiro atoms. The fourth-order valence-electron chi connectivity index (χ4n) is 3.26. The van der Waals surface area contributed by atoms with Crippen molar-refractivity contribution in [3.63, 3.8) is 0 Å². The van der Waals surface area contributed by atoms with Crippen LogP contribution in [0.4, 0.5) is 0 Å². The zero-order valence-corrected chi connectivity index (χ0v) is 18.6. The highest BCUT2D eigenvalue weighted by Gasteiger charge is 2.24. The molecule has 3 aromatic carbocycles. The number of hydrogen-bond acceptors (Lipinski definition) is 3. The molecule has 32 heavy (non-hydrogen) atoms. The second-order valence-corrected chi connectivity index (χ2v) is 8.07. The molecule has 0 fully saturated rings. The normalized spacial score (nSPS) is 11.7. The number of rotatable bonds is 10. The van der Waals surface area contributed by atoms with Crippen LogP contribution in [0.5, 0.6) is 0 Å². The zero-order valence-electron chi connectivity index (χ0n) is 18.6. The van der Waals surface area contributed by atoms with Crippen molar-refractivity contribution in [3.05, 3.63) is 107 Å². The lowest BCUT2D eigenvalue weighted by atomic mass is 10.0. The van der Waals surface area contributed by atoms with Gasteiger partial charge in [0.2, 0.25) is 5.91 Å². The van der Waals surface area contributed by atoms with E-state index >= 15 is 0 Å². The van der Waals surface area contributed by atoms with Crippen molar-refractivity contribution >= 4 is 11.8 Å². The Hall–Kier alpha value is -3.44. The maximum atomic E-state index is 12.7. The highest BCUT2D eigenvalue weighted by molar-refractivity contribution is 5.97. The molecule has 2 amide bonds. The fraction of sp³-hybridized carbons (Fsp3) is 0.259. The van der Waals surface area contributed by atoms with E-state index in [2.05, 4.69) is 10.6 Å². The van der Waals surface area contributed by atoms with Gasteiger partial charge >= 0.3 is 0 Å². The van der Waals surface area contributed by atoms with Crippen molar-refractivity contribution in [2.75, 3.05) is 0 Å². The minimum atomic E-state index is -0.603. The van der Waals surface area contributed by atoms with Gasteiger partial charge in [0.05, 0.1) is 13.2 Å². The summed E-state index contributed by atoms with van der Waals surface area (Å²) in [5, 5.41) is 5.78. The number of nitrogens with one attached hydrogen (secondary N) is 2. The Kier molecular flexibility index (Phi) is 8.58. The Morgan fingerprint density at radius 1 is 0.750 bits per heavy atom. The molecule has 0 bridgehead atoms. The number of carbonyl (C=O) groups is 2. The average Bonchev–Trinajstić information content (AvgIpc) is 2.82. The van der Waals surface area contributed by atoms with E-state index < -0.39 is 6.04 Å². The van der Waals surface area contributed by atoms with E-state index in [4.69, 9.17) is 4.74 Å². The van der Waals surface area contributed by atoms with Crippen LogP contribution >= 0.6 is 0 Å². The number of hydrogen-bond donors (Lipinski definition) is 2. The molecule has 0 saturated heterocycles. The minimum absolute atomic E-state index is 0.0354. The number of benzene rings is 3. The summed E-state index contributed by atoms with van der Waals surface area (Å²) in [6.45, 7) is 5.33. The lowest BCUT2D eigenvalue weighted by Crippen LogP contribution is -2.49. The third-order valence-electron chi connectivity index (χ3n) is 5.14. The van der Waals surface area contributed by atoms with Crippen LogP contribution in [0.15, 0.2) is 84.9 Å². The Balaban J connectivity index is 1.47. The van der Waals surface area contributed by atoms with Gasteiger partial charge in [0, 0.05) is 12.1 Å². The molecular formula is C27H30N2O3. The van der Waals surface area contributed by atoms with Gasteiger partial charge < -0.3 is 15.4 Å². The van der Waals surface area contributed by atoms with Crippen molar-refractivity contribution in [2.24, 2.45) is 5.92 Å². The summed E-state index contributed by atoms with van der Waals surface area (Å²) in [6, 6.07) is 26.3. The summed E-state index contributed by atoms with van der Waals surface area (Å²) in [7, 11) is 0. The van der Waals surface area contributed by atoms with Crippen LogP contribution in [0.3, 0.4) is 0 Å². The molecule has 0 aromatic heterocycles. The largest absolute Gasteiger partial charge is 0.372 e. The second-order valence-electron chi connectivity index (χ2n) is 8.07. The summed E-state index contributed by atoms with van der Waals surface area (Å²) < 4.78 is 5.77. The summed E-state index contributed by atoms with van der Waals surface area (Å²) in [4.78, 5) is 25.2. The highest BCUT2D eigenvalue weighted by atomic mass is 16.5. The van der Waals surface area contributed by atoms with Crippen LogP contribution < -0.4 is 10.6 Å². The molecule has 0 aliphatic carbocycles. The minimum Gasteiger partial charge on any atom is -0.372 e. The molecule has 1 unspecified atom stereocenters. The summed E-state index contributed by atoms with van der Waals surface area (Å²) in [5.74, 6) is -0.481. The molecule has 3 rings (SSSR count). The van der Waals surface area contributed by atoms with Crippen molar-refractivity contribution in [2.45, 2.75) is 39.6 Å². The van der Waals surface area contributed by atoms with Gasteiger partial charge in [0.15, 0.2) is 0 Å². The highest BCUT2D eigenvalue weighted by Crippen LogP contribution is 2.10. The Labute approximate surface area is 189 Å². The van der Waals surface area contributed by atoms with Gasteiger partial charge in [0.25, 0.3) is 5.91 Å². The van der Waals surface area contributed by atoms with E-state index in [0.717, 1.165) is 16.7 Å². The first-order valence-electron chi connectivity index (χ1n) is 10.9. The first-order valence-corrected chi connectivity index (χ1v) is 10.9. The summed E-state index contributed by atoms with van der Waals surface area (Å²) in [6.07, 6.45) is 0. The van der Waals surface area contributed by atoms with Gasteiger partial charge in [-0.2, -0.15) is 0 Å². The molecule has 5 heteroatoms. The predicted octanol–water partition coefficient (Wildman–Crippen LogP) is 4.47. The van der Waals surface area contributed by atoms with Gasteiger partial charge in [-0.05, 0) is 34.7 Å². The van der Waals surface area contributed by atoms with Crippen molar-refractivity contribution in [1.29, 1.82) is 0 Å². The fourth-order valence-corrected chi connectivity index (χ4v) is 3.26. The SMILES string of the molecule is CC(C)C(NC(=O)c1ccccc1)C(=O)NCc1ccc(COCc2ccccc2)cc1. The molecule has 0 aliphatic rings. The molecule has 2 N–H and O–H groups in total. The molecule has 5 nitrogen and oxygen atoms in total. The smallest absolute Gasteiger partial charge is 0.251 e. The molecule has 0 saturated carbocycles. The van der Waals surface area contributed by atoms with Gasteiger partial charge in [-0.15, -0.1) is 0 Å². The Bertz CT molecular complexity index is 986. The van der Waals surface area contributed by atoms with Gasteiger partial charge in [-0.3, -0.25) is 9.59 Å². The quantitative estimate of drug-likeness (QED) is 0.499. The average molecular weight is 431 g/mol. The Morgan fingerprint density at radius 3 is 1.88 bits per heavy atom. The molecule has 1 atom stereocenters. The van der Waals surface area contributed by atoms with E-state index in [1.54, 1.807) is 24.3 Å². The first-order chi connectivity index (χ1) is 15.5. The van der Waals surface area contributed by atoms with E-state index in [9.17, 15) is 9.59 Å². The van der Waals surface area contributed by atoms with Crippen LogP contribution in [0.2, 0.25) is 0 Å². The van der Waals surface area contributed by atoms with Crippen LogP contribution in [-0.2, 0) is 29.3 Å². The zero-order chi connectivity index (χ0) is 22.8. The standard InChI is InChI=1S/C27H30N2O3/c1-20(2)25(29-26(30)24-11-7-4-8-12-24)27(31)28-17-21-13-15-23(16-14-21)19-32-18-22-9-5-3-6-10-22/h3-16,20,25H,17-19H2,1-2H3,(H,28,31)(H,29,30). The third kappa shape index (κ3) is 7.06. The number of amides is 2. The predicted molar refractivity (Wildman–Crippen MR) is 126 cm³/mol. The van der Waals surface area contributed by atoms with E-state index in [0.29, 0.717) is 25.3 Å². The van der Waals surface area contributed by atoms with Crippen molar-refractivity contribution in [3.8, 4) is 0 Å². The second kappa shape index (κ2) is 11.8. The molecular weight excluding hydrogens is 400 g/mol. The van der Waals surface area contributed by atoms with E-state index in [-0.39, 0.29) is 17.7 Å². The van der Waals surface area contributed by atoms with Crippen LogP contribution in [0.1, 0.15) is 40.9 Å². The number of ether oxygens (including phenoxy) is 1. The van der Waals surface area contributed by atoms with E-state index in [1.165, 1.54) is 0 Å². The molecule has 0 radical (unpaired) electrons. The summed E-state index contributed by atoms with van der Waals surface area (Å²) in [5.41, 5.74) is 3.75. The van der Waals surface area contributed by atoms with E-state index in [1.807, 2.05) is 74.5 Å². The van der Waals surface area contributed by atoms with Crippen molar-refractivity contribution < 1.29 is 14.3 Å². The summed E-state index contributed by atoms with van der Waals surface area (Å²) >= 11 is 0. The van der Waals surface area contributed by atoms with Crippen LogP contribution in [-0.4, -0.2) is 17.9 Å². The lowest BCUT2D eigenvalue weighted by Gasteiger charge is -2.22. The van der Waals surface area contributed by atoms with Crippen molar-refractivity contribution in [1.82, 2.24) is 10.6 Å². The molecule has 3 aromatic rings. The Morgan fingerprint density at radius 2 is 1.28 bits per heavy atom. The van der Waals surface area contributed by atoms with Crippen LogP contribution in [0.25, 0.3) is 0 Å². The lowest BCUT2D eigenvalue weighted by molar-refractivity contribution is -0.124. The molecule has 0 heterocycles. The van der Waals surface area contributed by atoms with Gasteiger partial charge in [-0.25, -0.2) is 0 Å². The maximum absolute atomic E-state index is 12.7. The van der Waals surface area contributed by atoms with Crippen LogP contribution in [0, 0.1) is 5.92 Å². The molecule has 166 valence electrons. The molecule has 0 aliphatic heterocycles. The topological polar surface area (TPSA) is 67.4 Å².